The molecule has 2 N–H and O–H groups in total. The zero-order valence-electron chi connectivity index (χ0n) is 11.0. The SMILES string of the molecule is Nc1ccc(CN2CCCCc3ccccc32)nc1. The fraction of sp³-hybridized carbons (Fsp3) is 0.312. The summed E-state index contributed by atoms with van der Waals surface area (Å²) in [4.78, 5) is 6.84. The van der Waals surface area contributed by atoms with Crippen LogP contribution in [-0.2, 0) is 13.0 Å². The van der Waals surface area contributed by atoms with Crippen LogP contribution in [0.2, 0.25) is 0 Å². The van der Waals surface area contributed by atoms with Gasteiger partial charge in [0.2, 0.25) is 0 Å². The Labute approximate surface area is 114 Å². The number of nitrogens with zero attached hydrogens (tertiary/aromatic N) is 2. The van der Waals surface area contributed by atoms with Crippen molar-refractivity contribution in [3.05, 3.63) is 53.9 Å². The quantitative estimate of drug-likeness (QED) is 0.894. The van der Waals surface area contributed by atoms with E-state index in [1.807, 2.05) is 12.1 Å². The van der Waals surface area contributed by atoms with Crippen molar-refractivity contribution in [3.63, 3.8) is 0 Å². The molecular formula is C16H19N3. The van der Waals surface area contributed by atoms with Gasteiger partial charge in [0, 0.05) is 12.2 Å². The van der Waals surface area contributed by atoms with Crippen molar-refractivity contribution in [1.29, 1.82) is 0 Å². The van der Waals surface area contributed by atoms with E-state index in [1.165, 1.54) is 30.5 Å². The van der Waals surface area contributed by atoms with E-state index in [0.29, 0.717) is 0 Å². The molecule has 0 bridgehead atoms. The Morgan fingerprint density at radius 3 is 2.84 bits per heavy atom. The molecule has 2 heterocycles. The van der Waals surface area contributed by atoms with Crippen molar-refractivity contribution in [2.24, 2.45) is 0 Å². The van der Waals surface area contributed by atoms with Gasteiger partial charge in [-0.05, 0) is 43.0 Å². The highest BCUT2D eigenvalue weighted by Crippen LogP contribution is 2.27. The van der Waals surface area contributed by atoms with Crippen molar-refractivity contribution in [1.82, 2.24) is 4.98 Å². The molecule has 0 aliphatic carbocycles. The average Bonchev–Trinajstić information content (AvgIpc) is 2.64. The molecule has 0 amide bonds. The maximum absolute atomic E-state index is 5.69. The molecule has 19 heavy (non-hydrogen) atoms. The van der Waals surface area contributed by atoms with Crippen LogP contribution in [0.4, 0.5) is 11.4 Å². The first-order valence-electron chi connectivity index (χ1n) is 6.86. The maximum atomic E-state index is 5.69. The van der Waals surface area contributed by atoms with Crippen LogP contribution in [0.25, 0.3) is 0 Å². The molecule has 3 rings (SSSR count). The molecule has 1 aliphatic rings. The highest BCUT2D eigenvalue weighted by Gasteiger charge is 2.15. The van der Waals surface area contributed by atoms with Gasteiger partial charge in [0.05, 0.1) is 24.1 Å². The van der Waals surface area contributed by atoms with Crippen LogP contribution in [0.3, 0.4) is 0 Å². The summed E-state index contributed by atoms with van der Waals surface area (Å²) < 4.78 is 0. The van der Waals surface area contributed by atoms with Gasteiger partial charge in [0.1, 0.15) is 0 Å². The van der Waals surface area contributed by atoms with Crippen molar-refractivity contribution < 1.29 is 0 Å². The van der Waals surface area contributed by atoms with Crippen molar-refractivity contribution in [2.45, 2.75) is 25.8 Å². The van der Waals surface area contributed by atoms with E-state index in [9.17, 15) is 0 Å². The normalized spacial score (nSPS) is 14.8. The van der Waals surface area contributed by atoms with E-state index in [4.69, 9.17) is 5.73 Å². The number of para-hydroxylation sites is 1. The monoisotopic (exact) mass is 253 g/mol. The van der Waals surface area contributed by atoms with E-state index in [2.05, 4.69) is 34.1 Å². The van der Waals surface area contributed by atoms with Crippen LogP contribution < -0.4 is 10.6 Å². The summed E-state index contributed by atoms with van der Waals surface area (Å²) in [6.07, 6.45) is 5.42. The van der Waals surface area contributed by atoms with Crippen molar-refractivity contribution in [3.8, 4) is 0 Å². The number of pyridine rings is 1. The fourth-order valence-corrected chi connectivity index (χ4v) is 2.66. The molecule has 3 heteroatoms. The molecule has 0 spiro atoms. The summed E-state index contributed by atoms with van der Waals surface area (Å²) in [7, 11) is 0. The summed E-state index contributed by atoms with van der Waals surface area (Å²) in [6.45, 7) is 1.96. The maximum Gasteiger partial charge on any atom is 0.0602 e. The molecule has 1 aromatic heterocycles. The largest absolute Gasteiger partial charge is 0.397 e. The Bertz CT molecular complexity index is 548. The van der Waals surface area contributed by atoms with Crippen LogP contribution in [0.1, 0.15) is 24.1 Å². The van der Waals surface area contributed by atoms with Gasteiger partial charge >= 0.3 is 0 Å². The average molecular weight is 253 g/mol. The molecule has 2 aromatic rings. The van der Waals surface area contributed by atoms with Crippen molar-refractivity contribution in [2.75, 3.05) is 17.2 Å². The molecule has 98 valence electrons. The number of anilines is 2. The van der Waals surface area contributed by atoms with Crippen molar-refractivity contribution >= 4 is 11.4 Å². The van der Waals surface area contributed by atoms with Gasteiger partial charge in [-0.1, -0.05) is 18.2 Å². The summed E-state index contributed by atoms with van der Waals surface area (Å²) in [5.41, 5.74) is 10.3. The van der Waals surface area contributed by atoms with E-state index in [-0.39, 0.29) is 0 Å². The predicted octanol–water partition coefficient (Wildman–Crippen LogP) is 3.01. The van der Waals surface area contributed by atoms with Gasteiger partial charge in [-0.15, -0.1) is 0 Å². The molecule has 0 fully saturated rings. The minimum absolute atomic E-state index is 0.722. The number of rotatable bonds is 2. The molecule has 0 atom stereocenters. The van der Waals surface area contributed by atoms with Gasteiger partial charge in [-0.3, -0.25) is 4.98 Å². The Morgan fingerprint density at radius 1 is 1.11 bits per heavy atom. The number of nitrogens with two attached hydrogens (primary N) is 1. The number of fused-ring (bicyclic) bond motifs is 1. The zero-order chi connectivity index (χ0) is 13.1. The number of aromatic nitrogens is 1. The fourth-order valence-electron chi connectivity index (χ4n) is 2.66. The number of hydrogen-bond donors (Lipinski definition) is 1. The Hall–Kier alpha value is -2.03. The van der Waals surface area contributed by atoms with Gasteiger partial charge < -0.3 is 10.6 Å². The second-order valence-electron chi connectivity index (χ2n) is 5.09. The molecule has 0 unspecified atom stereocenters. The lowest BCUT2D eigenvalue weighted by atomic mass is 10.1. The zero-order valence-corrected chi connectivity index (χ0v) is 11.0. The number of nitrogen functional groups attached to an aromatic ring is 1. The second-order valence-corrected chi connectivity index (χ2v) is 5.09. The lowest BCUT2D eigenvalue weighted by Crippen LogP contribution is -2.24. The second kappa shape index (κ2) is 5.31. The Balaban J connectivity index is 1.86. The van der Waals surface area contributed by atoms with E-state index in [0.717, 1.165) is 24.5 Å². The third-order valence-corrected chi connectivity index (χ3v) is 3.66. The topological polar surface area (TPSA) is 42.1 Å². The smallest absolute Gasteiger partial charge is 0.0602 e. The molecule has 0 radical (unpaired) electrons. The molecular weight excluding hydrogens is 234 g/mol. The van der Waals surface area contributed by atoms with Crippen LogP contribution in [0, 0.1) is 0 Å². The first-order valence-corrected chi connectivity index (χ1v) is 6.86. The number of benzene rings is 1. The number of aryl methyl sites for hydroxylation is 1. The van der Waals surface area contributed by atoms with Gasteiger partial charge in [-0.25, -0.2) is 0 Å². The molecule has 1 aliphatic heterocycles. The standard InChI is InChI=1S/C16H19N3/c17-14-8-9-15(18-11-14)12-19-10-4-3-6-13-5-1-2-7-16(13)19/h1-2,5,7-9,11H,3-4,6,10,12,17H2. The van der Waals surface area contributed by atoms with Crippen LogP contribution in [0.15, 0.2) is 42.6 Å². The Morgan fingerprint density at radius 2 is 2.00 bits per heavy atom. The summed E-state index contributed by atoms with van der Waals surface area (Å²) in [5, 5.41) is 0. The first kappa shape index (κ1) is 12.0. The highest BCUT2D eigenvalue weighted by molar-refractivity contribution is 5.54. The highest BCUT2D eigenvalue weighted by atomic mass is 15.1. The lowest BCUT2D eigenvalue weighted by Gasteiger charge is -2.24. The molecule has 1 aromatic carbocycles. The first-order chi connectivity index (χ1) is 9.33. The van der Waals surface area contributed by atoms with Gasteiger partial charge in [0.25, 0.3) is 0 Å². The summed E-state index contributed by atoms with van der Waals surface area (Å²) >= 11 is 0. The molecule has 3 nitrogen and oxygen atoms in total. The van der Waals surface area contributed by atoms with Crippen LogP contribution >= 0.6 is 0 Å². The summed E-state index contributed by atoms with van der Waals surface area (Å²) in [5.74, 6) is 0. The van der Waals surface area contributed by atoms with E-state index >= 15 is 0 Å². The summed E-state index contributed by atoms with van der Waals surface area (Å²) in [6, 6.07) is 12.6. The third kappa shape index (κ3) is 2.70. The van der Waals surface area contributed by atoms with Gasteiger partial charge in [0.15, 0.2) is 0 Å². The predicted molar refractivity (Wildman–Crippen MR) is 79.1 cm³/mol. The van der Waals surface area contributed by atoms with E-state index < -0.39 is 0 Å². The Kier molecular flexibility index (Phi) is 3.36. The van der Waals surface area contributed by atoms with Crippen LogP contribution in [-0.4, -0.2) is 11.5 Å². The molecule has 0 saturated carbocycles. The minimum atomic E-state index is 0.722. The third-order valence-electron chi connectivity index (χ3n) is 3.66. The molecule has 0 saturated heterocycles. The van der Waals surface area contributed by atoms with E-state index in [1.54, 1.807) is 6.20 Å². The van der Waals surface area contributed by atoms with Crippen LogP contribution in [0.5, 0.6) is 0 Å². The minimum Gasteiger partial charge on any atom is -0.397 e. The van der Waals surface area contributed by atoms with Gasteiger partial charge in [-0.2, -0.15) is 0 Å². The lowest BCUT2D eigenvalue weighted by molar-refractivity contribution is 0.708. The number of hydrogen-bond acceptors (Lipinski definition) is 3.